The molecule has 0 bridgehead atoms. The molecule has 1 aliphatic heterocycles. The van der Waals surface area contributed by atoms with Crippen molar-refractivity contribution in [2.45, 2.75) is 12.6 Å². The van der Waals surface area contributed by atoms with Gasteiger partial charge in [0.15, 0.2) is 0 Å². The van der Waals surface area contributed by atoms with E-state index in [1.165, 1.54) is 24.3 Å². The molecular formula is C20H21F4N3O. The highest BCUT2D eigenvalue weighted by Gasteiger charge is 2.30. The molecule has 1 amide bonds. The standard InChI is InChI=1S/C20H21F4N3O/c21-16-3-7-18(8-4-16)26-11-13-27(14-12-26)19(28)9-10-25-17-5-1-15(2-6-17)20(22,23)24/h1-8,25H,9-14H2. The monoisotopic (exact) mass is 395 g/mol. The van der Waals surface area contributed by atoms with Crippen molar-refractivity contribution in [1.82, 2.24) is 4.90 Å². The molecule has 0 spiro atoms. The Labute approximate surface area is 160 Å². The van der Waals surface area contributed by atoms with Crippen LogP contribution in [0.4, 0.5) is 28.9 Å². The summed E-state index contributed by atoms with van der Waals surface area (Å²) in [6.45, 7) is 2.85. The van der Waals surface area contributed by atoms with Crippen LogP contribution in [-0.4, -0.2) is 43.5 Å². The lowest BCUT2D eigenvalue weighted by molar-refractivity contribution is -0.137. The Morgan fingerprint density at radius 1 is 0.929 bits per heavy atom. The topological polar surface area (TPSA) is 35.6 Å². The van der Waals surface area contributed by atoms with Crippen molar-refractivity contribution in [2.75, 3.05) is 42.9 Å². The maximum atomic E-state index is 13.0. The lowest BCUT2D eigenvalue weighted by atomic mass is 10.2. The number of rotatable bonds is 5. The van der Waals surface area contributed by atoms with Gasteiger partial charge in [0.25, 0.3) is 0 Å². The summed E-state index contributed by atoms with van der Waals surface area (Å²) in [6.07, 6.45) is -4.10. The summed E-state index contributed by atoms with van der Waals surface area (Å²) in [5.74, 6) is -0.281. The maximum Gasteiger partial charge on any atom is 0.416 e. The van der Waals surface area contributed by atoms with Gasteiger partial charge in [-0.05, 0) is 48.5 Å². The molecule has 8 heteroatoms. The van der Waals surface area contributed by atoms with E-state index >= 15 is 0 Å². The fourth-order valence-corrected chi connectivity index (χ4v) is 3.11. The van der Waals surface area contributed by atoms with E-state index in [0.717, 1.165) is 17.8 Å². The average molecular weight is 395 g/mol. The molecule has 0 radical (unpaired) electrons. The lowest BCUT2D eigenvalue weighted by Crippen LogP contribution is -2.49. The van der Waals surface area contributed by atoms with Crippen molar-refractivity contribution < 1.29 is 22.4 Å². The molecule has 2 aromatic rings. The van der Waals surface area contributed by atoms with Crippen LogP contribution in [0.3, 0.4) is 0 Å². The second kappa shape index (κ2) is 8.50. The van der Waals surface area contributed by atoms with Gasteiger partial charge in [0.05, 0.1) is 5.56 Å². The summed E-state index contributed by atoms with van der Waals surface area (Å²) in [5, 5.41) is 2.97. The highest BCUT2D eigenvalue weighted by molar-refractivity contribution is 5.77. The van der Waals surface area contributed by atoms with Crippen molar-refractivity contribution in [3.05, 3.63) is 59.9 Å². The summed E-state index contributed by atoms with van der Waals surface area (Å²) in [4.78, 5) is 16.2. The molecule has 1 saturated heterocycles. The van der Waals surface area contributed by atoms with Gasteiger partial charge in [-0.3, -0.25) is 4.79 Å². The zero-order valence-electron chi connectivity index (χ0n) is 15.2. The maximum absolute atomic E-state index is 13.0. The molecule has 1 fully saturated rings. The minimum absolute atomic E-state index is 0.00170. The van der Waals surface area contributed by atoms with Crippen LogP contribution in [0.5, 0.6) is 0 Å². The number of hydrogen-bond donors (Lipinski definition) is 1. The van der Waals surface area contributed by atoms with E-state index in [1.54, 1.807) is 17.0 Å². The quantitative estimate of drug-likeness (QED) is 0.778. The Kier molecular flexibility index (Phi) is 6.06. The number of anilines is 2. The molecule has 1 aliphatic rings. The summed E-state index contributed by atoms with van der Waals surface area (Å²) in [5.41, 5.74) is 0.771. The zero-order chi connectivity index (χ0) is 20.1. The van der Waals surface area contributed by atoms with Crippen molar-refractivity contribution in [1.29, 1.82) is 0 Å². The Balaban J connectivity index is 1.41. The Hall–Kier alpha value is -2.77. The Morgan fingerprint density at radius 3 is 2.11 bits per heavy atom. The van der Waals surface area contributed by atoms with Crippen molar-refractivity contribution in [2.24, 2.45) is 0 Å². The molecule has 1 N–H and O–H groups in total. The predicted octanol–water partition coefficient (Wildman–Crippen LogP) is 4.00. The van der Waals surface area contributed by atoms with Crippen LogP contribution in [0.25, 0.3) is 0 Å². The third-order valence-electron chi connectivity index (χ3n) is 4.70. The number of alkyl halides is 3. The average Bonchev–Trinajstić information content (AvgIpc) is 2.68. The molecule has 28 heavy (non-hydrogen) atoms. The molecule has 4 nitrogen and oxygen atoms in total. The van der Waals surface area contributed by atoms with Gasteiger partial charge < -0.3 is 15.1 Å². The minimum atomic E-state index is -4.36. The van der Waals surface area contributed by atoms with Gasteiger partial charge in [-0.25, -0.2) is 4.39 Å². The third kappa shape index (κ3) is 5.15. The molecular weight excluding hydrogens is 374 g/mol. The first-order valence-electron chi connectivity index (χ1n) is 9.02. The zero-order valence-corrected chi connectivity index (χ0v) is 15.2. The number of benzene rings is 2. The molecule has 0 atom stereocenters. The first-order valence-corrected chi connectivity index (χ1v) is 9.02. The van der Waals surface area contributed by atoms with Gasteiger partial charge in [-0.1, -0.05) is 0 Å². The normalized spacial score (nSPS) is 14.9. The fourth-order valence-electron chi connectivity index (χ4n) is 3.11. The van der Waals surface area contributed by atoms with E-state index < -0.39 is 11.7 Å². The van der Waals surface area contributed by atoms with E-state index in [4.69, 9.17) is 0 Å². The summed E-state index contributed by atoms with van der Waals surface area (Å²) >= 11 is 0. The number of carbonyl (C=O) groups excluding carboxylic acids is 1. The van der Waals surface area contributed by atoms with Crippen LogP contribution < -0.4 is 10.2 Å². The molecule has 2 aromatic carbocycles. The third-order valence-corrected chi connectivity index (χ3v) is 4.70. The second-order valence-electron chi connectivity index (χ2n) is 6.60. The molecule has 0 aromatic heterocycles. The minimum Gasteiger partial charge on any atom is -0.385 e. The largest absolute Gasteiger partial charge is 0.416 e. The predicted molar refractivity (Wildman–Crippen MR) is 99.7 cm³/mol. The van der Waals surface area contributed by atoms with Crippen molar-refractivity contribution in [3.8, 4) is 0 Å². The number of nitrogens with one attached hydrogen (secondary N) is 1. The van der Waals surface area contributed by atoms with Crippen LogP contribution >= 0.6 is 0 Å². The van der Waals surface area contributed by atoms with Crippen molar-refractivity contribution in [3.63, 3.8) is 0 Å². The van der Waals surface area contributed by atoms with Crippen LogP contribution in [-0.2, 0) is 11.0 Å². The number of halogens is 4. The van der Waals surface area contributed by atoms with E-state index in [0.29, 0.717) is 38.4 Å². The highest BCUT2D eigenvalue weighted by Crippen LogP contribution is 2.29. The van der Waals surface area contributed by atoms with Crippen LogP contribution in [0, 0.1) is 5.82 Å². The first-order chi connectivity index (χ1) is 13.3. The molecule has 0 saturated carbocycles. The van der Waals surface area contributed by atoms with Crippen LogP contribution in [0.1, 0.15) is 12.0 Å². The van der Waals surface area contributed by atoms with Crippen LogP contribution in [0.2, 0.25) is 0 Å². The van der Waals surface area contributed by atoms with Gasteiger partial charge in [-0.2, -0.15) is 13.2 Å². The van der Waals surface area contributed by atoms with Gasteiger partial charge in [0, 0.05) is 50.5 Å². The summed E-state index contributed by atoms with van der Waals surface area (Å²) in [6, 6.07) is 11.0. The van der Waals surface area contributed by atoms with E-state index in [1.807, 2.05) is 0 Å². The summed E-state index contributed by atoms with van der Waals surface area (Å²) in [7, 11) is 0. The van der Waals surface area contributed by atoms with Crippen LogP contribution in [0.15, 0.2) is 48.5 Å². The number of amides is 1. The number of carbonyl (C=O) groups is 1. The van der Waals surface area contributed by atoms with Gasteiger partial charge in [0.1, 0.15) is 5.82 Å². The molecule has 3 rings (SSSR count). The first kappa shape index (κ1) is 20.0. The Morgan fingerprint density at radius 2 is 1.54 bits per heavy atom. The van der Waals surface area contributed by atoms with Gasteiger partial charge in [-0.15, -0.1) is 0 Å². The Bertz CT molecular complexity index is 783. The van der Waals surface area contributed by atoms with E-state index in [9.17, 15) is 22.4 Å². The molecule has 1 heterocycles. The molecule has 150 valence electrons. The van der Waals surface area contributed by atoms with Gasteiger partial charge >= 0.3 is 6.18 Å². The van der Waals surface area contributed by atoms with Crippen molar-refractivity contribution >= 4 is 17.3 Å². The molecule has 0 unspecified atom stereocenters. The SMILES string of the molecule is O=C(CCNc1ccc(C(F)(F)F)cc1)N1CCN(c2ccc(F)cc2)CC1. The second-order valence-corrected chi connectivity index (χ2v) is 6.60. The molecule has 0 aliphatic carbocycles. The van der Waals surface area contributed by atoms with E-state index in [2.05, 4.69) is 10.2 Å². The smallest absolute Gasteiger partial charge is 0.385 e. The lowest BCUT2D eigenvalue weighted by Gasteiger charge is -2.36. The van der Waals surface area contributed by atoms with Gasteiger partial charge in [0.2, 0.25) is 5.91 Å². The number of piperazine rings is 1. The highest BCUT2D eigenvalue weighted by atomic mass is 19.4. The fraction of sp³-hybridized carbons (Fsp3) is 0.350. The summed E-state index contributed by atoms with van der Waals surface area (Å²) < 4.78 is 50.6. The van der Waals surface area contributed by atoms with E-state index in [-0.39, 0.29) is 18.1 Å². The number of hydrogen-bond acceptors (Lipinski definition) is 3. The number of nitrogens with zero attached hydrogens (tertiary/aromatic N) is 2.